The lowest BCUT2D eigenvalue weighted by molar-refractivity contribution is -0.131. The first-order valence-corrected chi connectivity index (χ1v) is 7.02. The predicted molar refractivity (Wildman–Crippen MR) is 76.8 cm³/mol. The van der Waals surface area contributed by atoms with Gasteiger partial charge in [0.1, 0.15) is 18.7 Å². The smallest absolute Gasteiger partial charge is 0.251 e. The van der Waals surface area contributed by atoms with Crippen molar-refractivity contribution in [2.24, 2.45) is 0 Å². The third kappa shape index (κ3) is 3.06. The zero-order valence-electron chi connectivity index (χ0n) is 11.9. The molecular weight excluding hydrogens is 282 g/mol. The molecule has 112 valence electrons. The Morgan fingerprint density at radius 2 is 2.14 bits per heavy atom. The fourth-order valence-electron chi connectivity index (χ4n) is 2.43. The van der Waals surface area contributed by atoms with Gasteiger partial charge in [0, 0.05) is 37.8 Å². The quantitative estimate of drug-likeness (QED) is 0.834. The molecule has 2 aromatic rings. The van der Waals surface area contributed by atoms with Crippen molar-refractivity contribution in [2.45, 2.75) is 19.1 Å². The molecule has 0 saturated carbocycles. The minimum absolute atomic E-state index is 0.0574. The van der Waals surface area contributed by atoms with Crippen LogP contribution in [0, 0.1) is 11.3 Å². The van der Waals surface area contributed by atoms with Crippen LogP contribution in [0.15, 0.2) is 36.9 Å². The van der Waals surface area contributed by atoms with Gasteiger partial charge in [-0.05, 0) is 12.1 Å². The van der Waals surface area contributed by atoms with Crippen molar-refractivity contribution in [1.82, 2.24) is 19.4 Å². The topological polar surface area (TPSA) is 84.0 Å². The molecule has 7 heteroatoms. The molecule has 1 amide bonds. The molecule has 0 radical (unpaired) electrons. The van der Waals surface area contributed by atoms with Crippen molar-refractivity contribution in [3.8, 4) is 11.9 Å². The molecule has 1 saturated heterocycles. The van der Waals surface area contributed by atoms with Gasteiger partial charge in [0.25, 0.3) is 5.88 Å². The average Bonchev–Trinajstić information content (AvgIpc) is 3.19. The molecule has 1 aliphatic rings. The minimum Gasteiger partial charge on any atom is -0.470 e. The lowest BCUT2D eigenvalue weighted by Gasteiger charge is -2.17. The summed E-state index contributed by atoms with van der Waals surface area (Å²) in [5.74, 6) is 0.289. The van der Waals surface area contributed by atoms with Crippen LogP contribution in [0.25, 0.3) is 0 Å². The van der Waals surface area contributed by atoms with E-state index in [4.69, 9.17) is 10.00 Å². The van der Waals surface area contributed by atoms with E-state index in [1.54, 1.807) is 4.90 Å². The minimum atomic E-state index is -0.155. The van der Waals surface area contributed by atoms with Gasteiger partial charge in [0.05, 0.1) is 6.54 Å². The Labute approximate surface area is 127 Å². The third-order valence-corrected chi connectivity index (χ3v) is 3.53. The third-order valence-electron chi connectivity index (χ3n) is 3.53. The highest BCUT2D eigenvalue weighted by Gasteiger charge is 2.28. The zero-order valence-corrected chi connectivity index (χ0v) is 11.9. The van der Waals surface area contributed by atoms with E-state index >= 15 is 0 Å². The van der Waals surface area contributed by atoms with E-state index in [-0.39, 0.29) is 23.6 Å². The highest BCUT2D eigenvalue weighted by atomic mass is 16.5. The van der Waals surface area contributed by atoms with Gasteiger partial charge < -0.3 is 14.2 Å². The molecule has 0 unspecified atom stereocenters. The van der Waals surface area contributed by atoms with E-state index in [0.717, 1.165) is 6.42 Å². The summed E-state index contributed by atoms with van der Waals surface area (Å²) in [4.78, 5) is 21.9. The molecule has 0 bridgehead atoms. The molecule has 22 heavy (non-hydrogen) atoms. The molecule has 7 nitrogen and oxygen atoms in total. The molecule has 1 atom stereocenters. The number of carbonyl (C=O) groups excluding carboxylic acids is 1. The van der Waals surface area contributed by atoms with Gasteiger partial charge >= 0.3 is 0 Å². The van der Waals surface area contributed by atoms with Gasteiger partial charge in [0.2, 0.25) is 11.6 Å². The maximum absolute atomic E-state index is 12.2. The summed E-state index contributed by atoms with van der Waals surface area (Å²) in [7, 11) is 0. The number of amides is 1. The fraction of sp³-hybridized carbons (Fsp3) is 0.333. The molecule has 1 fully saturated rings. The van der Waals surface area contributed by atoms with Crippen molar-refractivity contribution in [1.29, 1.82) is 5.26 Å². The number of aromatic nitrogens is 3. The maximum atomic E-state index is 12.2. The summed E-state index contributed by atoms with van der Waals surface area (Å²) >= 11 is 0. The van der Waals surface area contributed by atoms with E-state index in [0.29, 0.717) is 19.6 Å². The second kappa shape index (κ2) is 6.26. The van der Waals surface area contributed by atoms with E-state index in [1.165, 1.54) is 12.4 Å². The first-order chi connectivity index (χ1) is 10.8. The summed E-state index contributed by atoms with van der Waals surface area (Å²) in [6, 6.07) is 5.73. The Hall–Kier alpha value is -2.88. The lowest BCUT2D eigenvalue weighted by atomic mass is 10.3. The van der Waals surface area contributed by atoms with Crippen LogP contribution in [0.2, 0.25) is 0 Å². The first kappa shape index (κ1) is 14.1. The van der Waals surface area contributed by atoms with Gasteiger partial charge in [-0.25, -0.2) is 9.97 Å². The summed E-state index contributed by atoms with van der Waals surface area (Å²) in [6.45, 7) is 1.47. The van der Waals surface area contributed by atoms with Crippen molar-refractivity contribution in [3.05, 3.63) is 42.6 Å². The van der Waals surface area contributed by atoms with E-state index < -0.39 is 0 Å². The first-order valence-electron chi connectivity index (χ1n) is 7.02. The van der Waals surface area contributed by atoms with Gasteiger partial charge in [-0.1, -0.05) is 0 Å². The van der Waals surface area contributed by atoms with Gasteiger partial charge in [-0.2, -0.15) is 5.26 Å². The van der Waals surface area contributed by atoms with Crippen molar-refractivity contribution in [2.75, 3.05) is 13.1 Å². The Morgan fingerprint density at radius 3 is 2.91 bits per heavy atom. The molecule has 0 aliphatic carbocycles. The van der Waals surface area contributed by atoms with E-state index in [1.807, 2.05) is 35.2 Å². The van der Waals surface area contributed by atoms with Crippen LogP contribution < -0.4 is 4.74 Å². The van der Waals surface area contributed by atoms with Crippen LogP contribution in [0.5, 0.6) is 5.88 Å². The van der Waals surface area contributed by atoms with Crippen molar-refractivity contribution in [3.63, 3.8) is 0 Å². The standard InChI is InChI=1S/C15H15N5O2/c16-9-13-15(18-5-4-17-13)22-12-3-8-20(10-12)14(21)11-19-6-1-2-7-19/h1-2,4-7,12H,3,8,10-11H2/t12-/m0/s1. The maximum Gasteiger partial charge on any atom is 0.251 e. The number of hydrogen-bond donors (Lipinski definition) is 0. The lowest BCUT2D eigenvalue weighted by Crippen LogP contribution is -2.33. The molecule has 1 aliphatic heterocycles. The van der Waals surface area contributed by atoms with Gasteiger partial charge in [-0.15, -0.1) is 0 Å². The number of ether oxygens (including phenoxy) is 1. The highest BCUT2D eigenvalue weighted by Crippen LogP contribution is 2.18. The number of hydrogen-bond acceptors (Lipinski definition) is 5. The normalized spacial score (nSPS) is 17.2. The van der Waals surface area contributed by atoms with E-state index in [9.17, 15) is 4.79 Å². The molecule has 2 aromatic heterocycles. The Balaban J connectivity index is 1.58. The number of nitriles is 1. The second-order valence-corrected chi connectivity index (χ2v) is 5.05. The largest absolute Gasteiger partial charge is 0.470 e. The molecule has 0 spiro atoms. The summed E-state index contributed by atoms with van der Waals surface area (Å²) < 4.78 is 7.56. The van der Waals surface area contributed by atoms with Crippen molar-refractivity contribution < 1.29 is 9.53 Å². The molecule has 3 heterocycles. The van der Waals surface area contributed by atoms with Crippen LogP contribution in [-0.4, -0.2) is 44.5 Å². The van der Waals surface area contributed by atoms with Crippen LogP contribution in [0.4, 0.5) is 0 Å². The molecule has 0 aromatic carbocycles. The van der Waals surface area contributed by atoms with E-state index in [2.05, 4.69) is 9.97 Å². The number of carbonyl (C=O) groups is 1. The average molecular weight is 297 g/mol. The van der Waals surface area contributed by atoms with Gasteiger partial charge in [0.15, 0.2) is 0 Å². The fourth-order valence-corrected chi connectivity index (χ4v) is 2.43. The summed E-state index contributed by atoms with van der Waals surface area (Å²) in [6.07, 6.45) is 7.23. The summed E-state index contributed by atoms with van der Waals surface area (Å²) in [5, 5.41) is 8.98. The Morgan fingerprint density at radius 1 is 1.36 bits per heavy atom. The van der Waals surface area contributed by atoms with Crippen LogP contribution in [0.3, 0.4) is 0 Å². The van der Waals surface area contributed by atoms with Crippen LogP contribution in [0.1, 0.15) is 12.1 Å². The number of nitrogens with zero attached hydrogens (tertiary/aromatic N) is 5. The molecular formula is C15H15N5O2. The Bertz CT molecular complexity index is 692. The SMILES string of the molecule is N#Cc1nccnc1O[C@H]1CCN(C(=O)Cn2cccc2)C1. The zero-order chi connectivity index (χ0) is 15.4. The van der Waals surface area contributed by atoms with Crippen LogP contribution >= 0.6 is 0 Å². The van der Waals surface area contributed by atoms with Crippen molar-refractivity contribution >= 4 is 5.91 Å². The predicted octanol–water partition coefficient (Wildman–Crippen LogP) is 0.830. The number of rotatable bonds is 4. The summed E-state index contributed by atoms with van der Waals surface area (Å²) in [5.41, 5.74) is 0.166. The molecule has 0 N–H and O–H groups in total. The molecule has 3 rings (SSSR count). The van der Waals surface area contributed by atoms with Crippen LogP contribution in [-0.2, 0) is 11.3 Å². The monoisotopic (exact) mass is 297 g/mol. The highest BCUT2D eigenvalue weighted by molar-refractivity contribution is 5.76. The van der Waals surface area contributed by atoms with Gasteiger partial charge in [-0.3, -0.25) is 4.79 Å². The second-order valence-electron chi connectivity index (χ2n) is 5.05. The Kier molecular flexibility index (Phi) is 4.01. The number of likely N-dealkylation sites (tertiary alicyclic amines) is 1.